The van der Waals surface area contributed by atoms with E-state index in [2.05, 4.69) is 17.6 Å². The van der Waals surface area contributed by atoms with E-state index in [1.165, 1.54) is 0 Å². The lowest BCUT2D eigenvalue weighted by Crippen LogP contribution is -2.42. The lowest BCUT2D eigenvalue weighted by Gasteiger charge is -2.27. The van der Waals surface area contributed by atoms with Crippen molar-refractivity contribution in [3.63, 3.8) is 0 Å². The molecule has 0 saturated carbocycles. The smallest absolute Gasteiger partial charge is 0.332 e. The maximum atomic E-state index is 12.1. The Morgan fingerprint density at radius 1 is 1.07 bits per heavy atom. The number of amides is 2. The number of nitrogens with one attached hydrogen (secondary N) is 2. The predicted molar refractivity (Wildman–Crippen MR) is 112 cm³/mol. The van der Waals surface area contributed by atoms with Gasteiger partial charge in [-0.05, 0) is 44.4 Å². The molecule has 2 heterocycles. The van der Waals surface area contributed by atoms with Gasteiger partial charge >= 0.3 is 5.97 Å². The Hall–Kier alpha value is -1.93. The number of hydrogen-bond acceptors (Lipinski definition) is 5. The van der Waals surface area contributed by atoms with Gasteiger partial charge in [-0.3, -0.25) is 9.59 Å². The molecule has 1 unspecified atom stereocenters. The number of allylic oxidation sites excluding steroid dienone is 2. The Kier molecular flexibility index (Phi) is 10.3. The number of aliphatic carboxylic acids is 1. The molecule has 5 atom stereocenters. The summed E-state index contributed by atoms with van der Waals surface area (Å²) in [6, 6.07) is 0. The molecule has 2 aliphatic rings. The number of fused-ring (bicyclic) bond motifs is 2. The number of aliphatic hydroxyl groups excluding tert-OH is 1. The fraction of sp³-hybridized carbons (Fsp3) is 0.773. The Morgan fingerprint density at radius 2 is 1.80 bits per heavy atom. The first-order valence-corrected chi connectivity index (χ1v) is 11.2. The van der Waals surface area contributed by atoms with Crippen LogP contribution in [0.3, 0.4) is 0 Å². The quantitative estimate of drug-likeness (QED) is 0.249. The third kappa shape index (κ3) is 7.72. The standard InChI is InChI=1S/C22H36N2O6/c1-2-3-5-10-20(26)24-14-21(27)23-13-16-15(18-11-12-19(16)30-18)8-6-4-7-9-17(25)22(28)29/h4,6,15-19,25H,2-3,5,7-14H2,1H3,(H,23,27)(H,24,26)(H,28,29)/t15?,16-,17+,18+,19-/m0/s1. The van der Waals surface area contributed by atoms with E-state index >= 15 is 0 Å². The predicted octanol–water partition coefficient (Wildman–Crippen LogP) is 1.76. The number of hydrogen-bond donors (Lipinski definition) is 4. The number of aliphatic hydroxyl groups is 1. The largest absolute Gasteiger partial charge is 0.479 e. The Morgan fingerprint density at radius 3 is 2.50 bits per heavy atom. The van der Waals surface area contributed by atoms with Crippen molar-refractivity contribution in [1.82, 2.24) is 10.6 Å². The van der Waals surface area contributed by atoms with Gasteiger partial charge in [0.2, 0.25) is 11.8 Å². The van der Waals surface area contributed by atoms with E-state index in [1.807, 2.05) is 12.2 Å². The fourth-order valence-electron chi connectivity index (χ4n) is 4.33. The van der Waals surface area contributed by atoms with E-state index < -0.39 is 12.1 Å². The molecule has 2 rings (SSSR count). The third-order valence-electron chi connectivity index (χ3n) is 6.05. The van der Waals surface area contributed by atoms with Crippen LogP contribution in [0, 0.1) is 11.8 Å². The van der Waals surface area contributed by atoms with Crippen LogP contribution in [0.4, 0.5) is 0 Å². The second kappa shape index (κ2) is 12.7. The Labute approximate surface area is 178 Å². The van der Waals surface area contributed by atoms with Crippen LogP contribution in [-0.4, -0.2) is 59.4 Å². The summed E-state index contributed by atoms with van der Waals surface area (Å²) in [5, 5.41) is 23.6. The normalized spacial score (nSPS) is 26.1. The topological polar surface area (TPSA) is 125 Å². The minimum atomic E-state index is -1.32. The molecule has 4 N–H and O–H groups in total. The maximum absolute atomic E-state index is 12.1. The monoisotopic (exact) mass is 424 g/mol. The summed E-state index contributed by atoms with van der Waals surface area (Å²) < 4.78 is 6.04. The zero-order valence-corrected chi connectivity index (χ0v) is 17.8. The van der Waals surface area contributed by atoms with Gasteiger partial charge in [0, 0.05) is 18.9 Å². The van der Waals surface area contributed by atoms with Crippen molar-refractivity contribution in [2.24, 2.45) is 11.8 Å². The van der Waals surface area contributed by atoms with Crippen molar-refractivity contribution in [3.8, 4) is 0 Å². The van der Waals surface area contributed by atoms with Crippen molar-refractivity contribution in [2.75, 3.05) is 13.1 Å². The number of rotatable bonds is 14. The molecule has 0 aromatic rings. The van der Waals surface area contributed by atoms with Crippen LogP contribution in [0.5, 0.6) is 0 Å². The number of unbranched alkanes of at least 4 members (excludes halogenated alkanes) is 2. The number of carboxylic acids is 1. The van der Waals surface area contributed by atoms with Gasteiger partial charge in [0.05, 0.1) is 18.8 Å². The van der Waals surface area contributed by atoms with Crippen LogP contribution < -0.4 is 10.6 Å². The molecule has 2 fully saturated rings. The highest BCUT2D eigenvalue weighted by Gasteiger charge is 2.47. The summed E-state index contributed by atoms with van der Waals surface area (Å²) in [5.74, 6) is -0.912. The van der Waals surface area contributed by atoms with Gasteiger partial charge < -0.3 is 25.6 Å². The minimum Gasteiger partial charge on any atom is -0.479 e. The van der Waals surface area contributed by atoms with Crippen LogP contribution >= 0.6 is 0 Å². The van der Waals surface area contributed by atoms with Crippen LogP contribution in [0.15, 0.2) is 12.2 Å². The first-order chi connectivity index (χ1) is 14.4. The van der Waals surface area contributed by atoms with Gasteiger partial charge in [0.1, 0.15) is 0 Å². The SMILES string of the molecule is CCCCCC(=O)NCC(=O)NC[C@H]1C(CC=CCC[C@@H](O)C(=O)O)[C@H]2CC[C@@H]1O2. The van der Waals surface area contributed by atoms with Crippen molar-refractivity contribution in [1.29, 1.82) is 0 Å². The molecule has 0 radical (unpaired) electrons. The third-order valence-corrected chi connectivity index (χ3v) is 6.05. The second-order valence-electron chi connectivity index (χ2n) is 8.29. The van der Waals surface area contributed by atoms with Gasteiger partial charge in [0.15, 0.2) is 6.10 Å². The molecule has 2 bridgehead atoms. The van der Waals surface area contributed by atoms with Gasteiger partial charge in [-0.1, -0.05) is 31.9 Å². The van der Waals surface area contributed by atoms with Crippen LogP contribution in [-0.2, 0) is 19.1 Å². The van der Waals surface area contributed by atoms with Crippen molar-refractivity contribution >= 4 is 17.8 Å². The van der Waals surface area contributed by atoms with E-state index in [0.29, 0.717) is 25.3 Å². The first kappa shape index (κ1) is 24.3. The molecular formula is C22H36N2O6. The average Bonchev–Trinajstić information content (AvgIpc) is 3.32. The van der Waals surface area contributed by atoms with Crippen LogP contribution in [0.25, 0.3) is 0 Å². The van der Waals surface area contributed by atoms with E-state index in [-0.39, 0.29) is 42.9 Å². The van der Waals surface area contributed by atoms with Crippen molar-refractivity contribution < 1.29 is 29.3 Å². The summed E-state index contributed by atoms with van der Waals surface area (Å²) in [4.78, 5) is 34.5. The molecule has 170 valence electrons. The van der Waals surface area contributed by atoms with E-state index in [4.69, 9.17) is 9.84 Å². The lowest BCUT2D eigenvalue weighted by atomic mass is 9.77. The Balaban J connectivity index is 1.70. The highest BCUT2D eigenvalue weighted by atomic mass is 16.5. The zero-order valence-electron chi connectivity index (χ0n) is 17.8. The van der Waals surface area contributed by atoms with Gasteiger partial charge in [0.25, 0.3) is 0 Å². The molecule has 8 nitrogen and oxygen atoms in total. The Bertz CT molecular complexity index is 608. The number of carbonyl (C=O) groups is 3. The second-order valence-corrected chi connectivity index (χ2v) is 8.29. The average molecular weight is 425 g/mol. The summed E-state index contributed by atoms with van der Waals surface area (Å²) in [5.41, 5.74) is 0. The van der Waals surface area contributed by atoms with E-state index in [9.17, 15) is 19.5 Å². The minimum absolute atomic E-state index is 0.00308. The number of ether oxygens (including phenoxy) is 1. The fourth-order valence-corrected chi connectivity index (χ4v) is 4.33. The van der Waals surface area contributed by atoms with E-state index in [0.717, 1.165) is 38.5 Å². The van der Waals surface area contributed by atoms with Gasteiger partial charge in [-0.15, -0.1) is 0 Å². The molecule has 2 amide bonds. The molecule has 0 aliphatic carbocycles. The molecule has 2 aliphatic heterocycles. The molecule has 8 heteroatoms. The van der Waals surface area contributed by atoms with E-state index in [1.54, 1.807) is 0 Å². The summed E-state index contributed by atoms with van der Waals surface area (Å²) >= 11 is 0. The molecule has 30 heavy (non-hydrogen) atoms. The summed E-state index contributed by atoms with van der Waals surface area (Å²) in [7, 11) is 0. The van der Waals surface area contributed by atoms with Gasteiger partial charge in [-0.25, -0.2) is 4.79 Å². The van der Waals surface area contributed by atoms with Crippen molar-refractivity contribution in [2.45, 2.75) is 83.0 Å². The van der Waals surface area contributed by atoms with Crippen LogP contribution in [0.2, 0.25) is 0 Å². The highest BCUT2D eigenvalue weighted by Crippen LogP contribution is 2.44. The van der Waals surface area contributed by atoms with Crippen LogP contribution in [0.1, 0.15) is 64.7 Å². The summed E-state index contributed by atoms with van der Waals surface area (Å²) in [6.45, 7) is 2.61. The number of carbonyl (C=O) groups excluding carboxylic acids is 2. The maximum Gasteiger partial charge on any atom is 0.332 e. The first-order valence-electron chi connectivity index (χ1n) is 11.2. The molecule has 0 aromatic carbocycles. The summed E-state index contributed by atoms with van der Waals surface area (Å²) in [6.07, 6.45) is 9.87. The zero-order chi connectivity index (χ0) is 21.9. The molecular weight excluding hydrogens is 388 g/mol. The number of carboxylic acid groups (broad SMARTS) is 1. The lowest BCUT2D eigenvalue weighted by molar-refractivity contribution is -0.146. The molecule has 2 saturated heterocycles. The molecule has 0 aromatic heterocycles. The van der Waals surface area contributed by atoms with Gasteiger partial charge in [-0.2, -0.15) is 0 Å². The molecule has 0 spiro atoms. The highest BCUT2D eigenvalue weighted by molar-refractivity contribution is 5.84. The van der Waals surface area contributed by atoms with Crippen molar-refractivity contribution in [3.05, 3.63) is 12.2 Å².